The number of benzene rings is 2. The molecular weight excluding hydrogens is 226 g/mol. The Bertz CT molecular complexity index is 673. The topological polar surface area (TPSA) is 38.7 Å². The van der Waals surface area contributed by atoms with Gasteiger partial charge in [0.25, 0.3) is 0 Å². The highest BCUT2D eigenvalue weighted by atomic mass is 16.6. The molecule has 3 rings (SSSR count). The van der Waals surface area contributed by atoms with Gasteiger partial charge in [-0.25, -0.2) is 9.79 Å². The fraction of sp³-hybridized carbons (Fsp3) is 0.0667. The fourth-order valence-electron chi connectivity index (χ4n) is 2.05. The van der Waals surface area contributed by atoms with E-state index in [9.17, 15) is 4.79 Å². The van der Waals surface area contributed by atoms with Crippen molar-refractivity contribution in [3.8, 4) is 0 Å². The smallest absolute Gasteiger partial charge is 0.342 e. The van der Waals surface area contributed by atoms with Crippen LogP contribution in [0.4, 0.5) is 0 Å². The molecule has 1 aliphatic heterocycles. The maximum atomic E-state index is 11.7. The molecule has 0 saturated carbocycles. The number of fused-ring (bicyclic) bond motifs is 1. The van der Waals surface area contributed by atoms with Crippen molar-refractivity contribution >= 4 is 22.6 Å². The van der Waals surface area contributed by atoms with E-state index in [0.717, 1.165) is 16.3 Å². The lowest BCUT2D eigenvalue weighted by Gasteiger charge is -2.05. The maximum absolute atomic E-state index is 11.7. The zero-order chi connectivity index (χ0) is 12.5. The zero-order valence-corrected chi connectivity index (χ0v) is 9.67. The fourth-order valence-corrected chi connectivity index (χ4v) is 2.05. The van der Waals surface area contributed by atoms with Crippen LogP contribution < -0.4 is 0 Å². The van der Waals surface area contributed by atoms with Gasteiger partial charge in [-0.1, -0.05) is 43.0 Å². The first kappa shape index (κ1) is 10.7. The number of carbonyl (C=O) groups excluding carboxylic acids is 1. The van der Waals surface area contributed by atoms with Gasteiger partial charge in [-0.05, 0) is 28.5 Å². The van der Waals surface area contributed by atoms with Crippen molar-refractivity contribution in [2.24, 2.45) is 4.99 Å². The minimum Gasteiger partial charge on any atom is -0.406 e. The van der Waals surface area contributed by atoms with Crippen molar-refractivity contribution in [1.82, 2.24) is 0 Å². The second-order valence-corrected chi connectivity index (χ2v) is 4.10. The molecule has 1 aliphatic rings. The molecule has 1 unspecified atom stereocenters. The minimum absolute atomic E-state index is 0.290. The third-order valence-corrected chi connectivity index (χ3v) is 2.95. The summed E-state index contributed by atoms with van der Waals surface area (Å²) >= 11 is 0. The lowest BCUT2D eigenvalue weighted by Crippen LogP contribution is -2.07. The van der Waals surface area contributed by atoms with Crippen molar-refractivity contribution in [1.29, 1.82) is 0 Å². The monoisotopic (exact) mass is 237 g/mol. The van der Waals surface area contributed by atoms with Crippen molar-refractivity contribution in [2.45, 2.75) is 6.04 Å². The Kier molecular flexibility index (Phi) is 2.45. The van der Waals surface area contributed by atoms with Crippen molar-refractivity contribution in [3.05, 3.63) is 60.7 Å². The number of nitrogens with zero attached hydrogens (tertiary/aromatic N) is 1. The molecule has 3 nitrogen and oxygen atoms in total. The number of carbonyl (C=O) groups is 1. The van der Waals surface area contributed by atoms with Crippen LogP contribution in [-0.4, -0.2) is 11.9 Å². The van der Waals surface area contributed by atoms with Gasteiger partial charge in [0.2, 0.25) is 5.90 Å². The summed E-state index contributed by atoms with van der Waals surface area (Å²) in [4.78, 5) is 15.9. The van der Waals surface area contributed by atoms with E-state index < -0.39 is 6.04 Å². The summed E-state index contributed by atoms with van der Waals surface area (Å²) in [6, 6.07) is 13.3. The van der Waals surface area contributed by atoms with Crippen LogP contribution in [0.3, 0.4) is 0 Å². The highest BCUT2D eigenvalue weighted by Gasteiger charge is 2.29. The van der Waals surface area contributed by atoms with E-state index in [4.69, 9.17) is 4.74 Å². The van der Waals surface area contributed by atoms with E-state index in [0.29, 0.717) is 0 Å². The van der Waals surface area contributed by atoms with Crippen LogP contribution in [0.2, 0.25) is 0 Å². The van der Waals surface area contributed by atoms with Gasteiger partial charge in [0.15, 0.2) is 6.04 Å². The molecule has 2 aromatic carbocycles. The van der Waals surface area contributed by atoms with Gasteiger partial charge in [-0.2, -0.15) is 0 Å². The van der Waals surface area contributed by atoms with Gasteiger partial charge in [0.05, 0.1) is 0 Å². The van der Waals surface area contributed by atoms with Crippen LogP contribution in [0.1, 0.15) is 11.6 Å². The number of hydrogen-bond donors (Lipinski definition) is 0. The van der Waals surface area contributed by atoms with Crippen LogP contribution in [0.25, 0.3) is 10.8 Å². The number of hydrogen-bond acceptors (Lipinski definition) is 3. The summed E-state index contributed by atoms with van der Waals surface area (Å²) in [6.07, 6.45) is 1.44. The van der Waals surface area contributed by atoms with Crippen LogP contribution >= 0.6 is 0 Å². The quantitative estimate of drug-likeness (QED) is 0.753. The van der Waals surface area contributed by atoms with Crippen molar-refractivity contribution in [3.63, 3.8) is 0 Å². The summed E-state index contributed by atoms with van der Waals surface area (Å²) in [5, 5.41) is 2.23. The Morgan fingerprint density at radius 3 is 2.67 bits per heavy atom. The molecule has 0 aromatic heterocycles. The molecule has 0 N–H and O–H groups in total. The minimum atomic E-state index is -0.567. The number of aliphatic imine (C=N–C) groups is 1. The lowest BCUT2D eigenvalue weighted by molar-refractivity contribution is -0.135. The highest BCUT2D eigenvalue weighted by molar-refractivity contribution is 6.03. The van der Waals surface area contributed by atoms with Gasteiger partial charge < -0.3 is 4.74 Å². The van der Waals surface area contributed by atoms with Crippen LogP contribution in [0, 0.1) is 0 Å². The van der Waals surface area contributed by atoms with Crippen LogP contribution in [0.15, 0.2) is 60.1 Å². The van der Waals surface area contributed by atoms with E-state index in [2.05, 4.69) is 11.6 Å². The SMILES string of the molecule is C=CC1=NC(c2ccc3ccccc3c2)C(=O)O1. The van der Waals surface area contributed by atoms with Crippen molar-refractivity contribution in [2.75, 3.05) is 0 Å². The summed E-state index contributed by atoms with van der Waals surface area (Å²) in [6.45, 7) is 3.55. The van der Waals surface area contributed by atoms with Crippen molar-refractivity contribution < 1.29 is 9.53 Å². The molecule has 0 fully saturated rings. The average molecular weight is 237 g/mol. The lowest BCUT2D eigenvalue weighted by atomic mass is 10.0. The Morgan fingerprint density at radius 2 is 1.94 bits per heavy atom. The molecule has 88 valence electrons. The summed E-state index contributed by atoms with van der Waals surface area (Å²) < 4.78 is 4.98. The molecule has 0 amide bonds. The molecule has 0 bridgehead atoms. The second kappa shape index (κ2) is 4.11. The maximum Gasteiger partial charge on any atom is 0.342 e. The van der Waals surface area contributed by atoms with Crippen LogP contribution in [0.5, 0.6) is 0 Å². The van der Waals surface area contributed by atoms with Crippen LogP contribution in [-0.2, 0) is 9.53 Å². The normalized spacial score (nSPS) is 18.6. The highest BCUT2D eigenvalue weighted by Crippen LogP contribution is 2.27. The number of rotatable bonds is 2. The van der Waals surface area contributed by atoms with Gasteiger partial charge in [0, 0.05) is 0 Å². The Morgan fingerprint density at radius 1 is 1.17 bits per heavy atom. The number of ether oxygens (including phenoxy) is 1. The molecule has 0 saturated heterocycles. The van der Waals surface area contributed by atoms with Gasteiger partial charge in [-0.15, -0.1) is 0 Å². The third kappa shape index (κ3) is 1.70. The van der Waals surface area contributed by atoms with Gasteiger partial charge in [0.1, 0.15) is 0 Å². The molecule has 1 heterocycles. The molecule has 2 aromatic rings. The summed E-state index contributed by atoms with van der Waals surface area (Å²) in [7, 11) is 0. The standard InChI is InChI=1S/C15H11NO2/c1-2-13-16-14(15(17)18-13)12-8-7-10-5-3-4-6-11(10)9-12/h2-9,14H,1H2. The van der Waals surface area contributed by atoms with Gasteiger partial charge in [-0.3, -0.25) is 0 Å². The Balaban J connectivity index is 2.07. The van der Waals surface area contributed by atoms with E-state index in [1.165, 1.54) is 6.08 Å². The Hall–Kier alpha value is -2.42. The van der Waals surface area contributed by atoms with Gasteiger partial charge >= 0.3 is 5.97 Å². The first-order chi connectivity index (χ1) is 8.78. The second-order valence-electron chi connectivity index (χ2n) is 4.10. The van der Waals surface area contributed by atoms with E-state index in [1.807, 2.05) is 42.5 Å². The first-order valence-electron chi connectivity index (χ1n) is 5.68. The molecule has 0 spiro atoms. The third-order valence-electron chi connectivity index (χ3n) is 2.95. The first-order valence-corrected chi connectivity index (χ1v) is 5.68. The van der Waals surface area contributed by atoms with E-state index in [-0.39, 0.29) is 11.9 Å². The molecule has 3 heteroatoms. The molecular formula is C15H11NO2. The predicted molar refractivity (Wildman–Crippen MR) is 70.4 cm³/mol. The molecule has 18 heavy (non-hydrogen) atoms. The molecule has 0 aliphatic carbocycles. The number of esters is 1. The zero-order valence-electron chi connectivity index (χ0n) is 9.67. The average Bonchev–Trinajstić information content (AvgIpc) is 2.79. The largest absolute Gasteiger partial charge is 0.406 e. The molecule has 1 atom stereocenters. The van der Waals surface area contributed by atoms with E-state index in [1.54, 1.807) is 0 Å². The summed E-state index contributed by atoms with van der Waals surface area (Å²) in [5.74, 6) is -0.0571. The van der Waals surface area contributed by atoms with E-state index >= 15 is 0 Å². The molecule has 0 radical (unpaired) electrons. The predicted octanol–water partition coefficient (Wildman–Crippen LogP) is 3.02. The Labute approximate surface area is 104 Å². The summed E-state index contributed by atoms with van der Waals surface area (Å²) in [5.41, 5.74) is 0.843. The number of cyclic esters (lactones) is 1.